The number of nitrogens with zero attached hydrogens (tertiary/aromatic N) is 3. The van der Waals surface area contributed by atoms with Crippen LogP contribution in [0.15, 0.2) is 72.8 Å². The summed E-state index contributed by atoms with van der Waals surface area (Å²) in [5.74, 6) is 0.950. The zero-order chi connectivity index (χ0) is 23.2. The largest absolute Gasteiger partial charge is 0.497 e. The van der Waals surface area contributed by atoms with Gasteiger partial charge in [-0.15, -0.1) is 5.10 Å². The molecular weight excluding hydrogens is 423 g/mol. The zero-order valence-electron chi connectivity index (χ0n) is 18.3. The van der Waals surface area contributed by atoms with E-state index in [4.69, 9.17) is 9.47 Å². The van der Waals surface area contributed by atoms with Crippen LogP contribution in [0.2, 0.25) is 0 Å². The van der Waals surface area contributed by atoms with E-state index < -0.39 is 0 Å². The molecule has 0 aliphatic heterocycles. The number of amides is 1. The van der Waals surface area contributed by atoms with Gasteiger partial charge >= 0.3 is 6.01 Å². The first-order valence-corrected chi connectivity index (χ1v) is 10.4. The van der Waals surface area contributed by atoms with Crippen molar-refractivity contribution in [3.05, 3.63) is 84.2 Å². The summed E-state index contributed by atoms with van der Waals surface area (Å²) in [5.41, 5.74) is 3.07. The van der Waals surface area contributed by atoms with Gasteiger partial charge in [0, 0.05) is 17.7 Å². The molecule has 0 aliphatic rings. The number of halogens is 1. The lowest BCUT2D eigenvalue weighted by molar-refractivity contribution is -0.115. The molecular formula is C25H23FN4O3. The number of aromatic nitrogens is 3. The summed E-state index contributed by atoms with van der Waals surface area (Å²) in [6.07, 6.45) is 0.404. The third kappa shape index (κ3) is 5.35. The number of carbonyl (C=O) groups is 1. The average molecular weight is 446 g/mol. The van der Waals surface area contributed by atoms with Crippen molar-refractivity contribution in [2.75, 3.05) is 12.4 Å². The summed E-state index contributed by atoms with van der Waals surface area (Å²) < 4.78 is 25.9. The lowest BCUT2D eigenvalue weighted by atomic mass is 10.2. The standard InChI is InChI=1S/C25H23FN4O3/c1-3-23(31)27-20-10-12-21(13-11-20)30-24(18-6-14-22(32-2)15-7-18)28-25(29-30)33-16-17-4-8-19(26)9-5-17/h4-15H,3,16H2,1-2H3,(H,27,31). The van der Waals surface area contributed by atoms with Crippen LogP contribution < -0.4 is 14.8 Å². The number of hydrogen-bond donors (Lipinski definition) is 1. The number of anilines is 1. The third-order valence-electron chi connectivity index (χ3n) is 4.93. The van der Waals surface area contributed by atoms with Crippen LogP contribution in [-0.2, 0) is 11.4 Å². The molecule has 1 amide bonds. The molecule has 4 rings (SSSR count). The van der Waals surface area contributed by atoms with Gasteiger partial charge in [-0.3, -0.25) is 4.79 Å². The fraction of sp³-hybridized carbons (Fsp3) is 0.160. The summed E-state index contributed by atoms with van der Waals surface area (Å²) >= 11 is 0. The van der Waals surface area contributed by atoms with Crippen molar-refractivity contribution in [2.45, 2.75) is 20.0 Å². The number of hydrogen-bond acceptors (Lipinski definition) is 5. The van der Waals surface area contributed by atoms with Gasteiger partial charge in [0.25, 0.3) is 0 Å². The molecule has 0 radical (unpaired) electrons. The second-order valence-corrected chi connectivity index (χ2v) is 7.22. The number of ether oxygens (including phenoxy) is 2. The molecule has 0 unspecified atom stereocenters. The first-order chi connectivity index (χ1) is 16.1. The zero-order valence-corrected chi connectivity index (χ0v) is 18.3. The van der Waals surface area contributed by atoms with Gasteiger partial charge in [0.2, 0.25) is 5.91 Å². The number of benzene rings is 3. The predicted molar refractivity (Wildman–Crippen MR) is 123 cm³/mol. The fourth-order valence-corrected chi connectivity index (χ4v) is 3.13. The first kappa shape index (κ1) is 22.0. The second-order valence-electron chi connectivity index (χ2n) is 7.22. The van der Waals surface area contributed by atoms with Crippen LogP contribution in [0.1, 0.15) is 18.9 Å². The summed E-state index contributed by atoms with van der Waals surface area (Å²) in [6.45, 7) is 2.00. The Morgan fingerprint density at radius 3 is 2.33 bits per heavy atom. The van der Waals surface area contributed by atoms with Crippen LogP contribution in [0.5, 0.6) is 11.8 Å². The summed E-state index contributed by atoms with van der Waals surface area (Å²) in [4.78, 5) is 16.2. The minimum absolute atomic E-state index is 0.0566. The monoisotopic (exact) mass is 446 g/mol. The summed E-state index contributed by atoms with van der Waals surface area (Å²) in [5, 5.41) is 7.36. The molecule has 0 saturated heterocycles. The number of carbonyl (C=O) groups excluding carboxylic acids is 1. The van der Waals surface area contributed by atoms with Gasteiger partial charge in [-0.25, -0.2) is 9.07 Å². The summed E-state index contributed by atoms with van der Waals surface area (Å²) in [7, 11) is 1.61. The molecule has 1 N–H and O–H groups in total. The molecule has 4 aromatic rings. The van der Waals surface area contributed by atoms with Crippen molar-refractivity contribution in [2.24, 2.45) is 0 Å². The SMILES string of the molecule is CCC(=O)Nc1ccc(-n2nc(OCc3ccc(F)cc3)nc2-c2ccc(OC)cc2)cc1. The minimum Gasteiger partial charge on any atom is -0.497 e. The maximum Gasteiger partial charge on any atom is 0.336 e. The second kappa shape index (κ2) is 9.95. The van der Waals surface area contributed by atoms with E-state index in [1.807, 2.05) is 36.4 Å². The smallest absolute Gasteiger partial charge is 0.336 e. The Morgan fingerprint density at radius 2 is 1.70 bits per heavy atom. The highest BCUT2D eigenvalue weighted by atomic mass is 19.1. The molecule has 0 saturated carbocycles. The van der Waals surface area contributed by atoms with Gasteiger partial charge in [0.1, 0.15) is 18.2 Å². The van der Waals surface area contributed by atoms with Crippen LogP contribution in [-0.4, -0.2) is 27.8 Å². The van der Waals surface area contributed by atoms with E-state index in [1.165, 1.54) is 12.1 Å². The number of nitrogens with one attached hydrogen (secondary N) is 1. The molecule has 0 bridgehead atoms. The van der Waals surface area contributed by atoms with Gasteiger partial charge in [-0.05, 0) is 66.2 Å². The molecule has 0 spiro atoms. The summed E-state index contributed by atoms with van der Waals surface area (Å²) in [6, 6.07) is 21.0. The molecule has 33 heavy (non-hydrogen) atoms. The maximum atomic E-state index is 13.2. The lowest BCUT2D eigenvalue weighted by Gasteiger charge is -2.08. The van der Waals surface area contributed by atoms with Crippen molar-refractivity contribution in [1.82, 2.24) is 14.8 Å². The topological polar surface area (TPSA) is 78.3 Å². The van der Waals surface area contributed by atoms with Crippen LogP contribution >= 0.6 is 0 Å². The Hall–Kier alpha value is -4.20. The fourth-order valence-electron chi connectivity index (χ4n) is 3.13. The van der Waals surface area contributed by atoms with Crippen molar-refractivity contribution in [1.29, 1.82) is 0 Å². The van der Waals surface area contributed by atoms with E-state index in [1.54, 1.807) is 43.0 Å². The predicted octanol–water partition coefficient (Wildman–Crippen LogP) is 5.01. The number of rotatable bonds is 8. The Morgan fingerprint density at radius 1 is 1.00 bits per heavy atom. The first-order valence-electron chi connectivity index (χ1n) is 10.4. The van der Waals surface area contributed by atoms with Gasteiger partial charge in [0.15, 0.2) is 5.82 Å². The van der Waals surface area contributed by atoms with Crippen molar-refractivity contribution in [3.63, 3.8) is 0 Å². The Balaban J connectivity index is 1.64. The van der Waals surface area contributed by atoms with Gasteiger partial charge in [-0.1, -0.05) is 19.1 Å². The highest BCUT2D eigenvalue weighted by molar-refractivity contribution is 5.90. The number of methoxy groups -OCH3 is 1. The molecule has 1 heterocycles. The van der Waals surface area contributed by atoms with Crippen molar-refractivity contribution < 1.29 is 18.7 Å². The Bertz CT molecular complexity index is 1220. The minimum atomic E-state index is -0.304. The molecule has 8 heteroatoms. The van der Waals surface area contributed by atoms with Gasteiger partial charge in [0.05, 0.1) is 12.8 Å². The van der Waals surface area contributed by atoms with Crippen molar-refractivity contribution >= 4 is 11.6 Å². The van der Waals surface area contributed by atoms with E-state index in [9.17, 15) is 9.18 Å². The highest BCUT2D eigenvalue weighted by Crippen LogP contribution is 2.26. The van der Waals surface area contributed by atoms with E-state index in [2.05, 4.69) is 15.4 Å². The van der Waals surface area contributed by atoms with Crippen molar-refractivity contribution in [3.8, 4) is 28.8 Å². The quantitative estimate of drug-likeness (QED) is 0.412. The molecule has 3 aromatic carbocycles. The molecule has 7 nitrogen and oxygen atoms in total. The van der Waals surface area contributed by atoms with Gasteiger partial charge in [-0.2, -0.15) is 4.98 Å². The molecule has 0 fully saturated rings. The van der Waals surface area contributed by atoms with E-state index >= 15 is 0 Å². The molecule has 0 atom stereocenters. The van der Waals surface area contributed by atoms with Crippen LogP contribution in [0.3, 0.4) is 0 Å². The molecule has 168 valence electrons. The molecule has 0 aliphatic carbocycles. The van der Waals surface area contributed by atoms with Gasteiger partial charge < -0.3 is 14.8 Å². The molecule has 1 aromatic heterocycles. The van der Waals surface area contributed by atoms with E-state index in [0.29, 0.717) is 17.9 Å². The van der Waals surface area contributed by atoms with Crippen LogP contribution in [0.4, 0.5) is 10.1 Å². The highest BCUT2D eigenvalue weighted by Gasteiger charge is 2.15. The third-order valence-corrected chi connectivity index (χ3v) is 4.93. The lowest BCUT2D eigenvalue weighted by Crippen LogP contribution is -2.09. The Kier molecular flexibility index (Phi) is 6.64. The van der Waals surface area contributed by atoms with E-state index in [-0.39, 0.29) is 24.3 Å². The van der Waals surface area contributed by atoms with Crippen LogP contribution in [0, 0.1) is 5.82 Å². The average Bonchev–Trinajstić information content (AvgIpc) is 3.28. The maximum absolute atomic E-state index is 13.2. The Labute approximate surface area is 190 Å². The van der Waals surface area contributed by atoms with Crippen LogP contribution in [0.25, 0.3) is 17.1 Å². The van der Waals surface area contributed by atoms with E-state index in [0.717, 1.165) is 22.6 Å². The normalized spacial score (nSPS) is 10.6.